The van der Waals surface area contributed by atoms with Gasteiger partial charge < -0.3 is 14.6 Å². The molecule has 1 saturated heterocycles. The molecule has 1 aromatic carbocycles. The number of aromatic nitrogens is 1. The maximum Gasteiger partial charge on any atom is 0.103 e. The Balaban J connectivity index is 1.94. The van der Waals surface area contributed by atoms with Crippen LogP contribution in [0.5, 0.6) is 0 Å². The number of aromatic amines is 1. The highest BCUT2D eigenvalue weighted by Crippen LogP contribution is 2.47. The number of rotatable bonds is 0. The maximum absolute atomic E-state index is 6.43. The lowest BCUT2D eigenvalue weighted by molar-refractivity contribution is -0.122. The Kier molecular flexibility index (Phi) is 2.54. The van der Waals surface area contributed by atoms with Crippen LogP contribution in [-0.2, 0) is 10.3 Å². The third-order valence-corrected chi connectivity index (χ3v) is 4.93. The van der Waals surface area contributed by atoms with E-state index in [1.807, 2.05) is 0 Å². The number of piperidine rings is 1. The second-order valence-electron chi connectivity index (χ2n) is 6.78. The standard InChI is InChI=1S/C17H22N2O/c1-17(2)16-15(11-6-4-5-7-13(11)18-16)12-8-9-19(3)10-14(12)20-17/h4-7,12,14,18H,8-10H2,1-3H3. The van der Waals surface area contributed by atoms with Crippen molar-refractivity contribution < 1.29 is 4.74 Å². The Morgan fingerprint density at radius 2 is 2.10 bits per heavy atom. The Hall–Kier alpha value is -1.32. The van der Waals surface area contributed by atoms with Gasteiger partial charge in [0.05, 0.1) is 11.8 Å². The number of para-hydroxylation sites is 1. The Morgan fingerprint density at radius 3 is 2.95 bits per heavy atom. The van der Waals surface area contributed by atoms with Crippen LogP contribution in [0.1, 0.15) is 37.4 Å². The molecule has 0 bridgehead atoms. The van der Waals surface area contributed by atoms with Crippen molar-refractivity contribution in [3.63, 3.8) is 0 Å². The molecule has 2 unspecified atom stereocenters. The number of ether oxygens (including phenoxy) is 1. The van der Waals surface area contributed by atoms with Crippen LogP contribution in [0.15, 0.2) is 24.3 Å². The van der Waals surface area contributed by atoms with Crippen molar-refractivity contribution in [2.24, 2.45) is 0 Å². The summed E-state index contributed by atoms with van der Waals surface area (Å²) in [6.45, 7) is 6.56. The number of H-pyrrole nitrogens is 1. The number of likely N-dealkylation sites (tertiary alicyclic amines) is 1. The van der Waals surface area contributed by atoms with E-state index >= 15 is 0 Å². The minimum absolute atomic E-state index is 0.228. The zero-order chi connectivity index (χ0) is 13.9. The number of benzene rings is 1. The highest BCUT2D eigenvalue weighted by Gasteiger charge is 2.44. The van der Waals surface area contributed by atoms with Gasteiger partial charge in [0.2, 0.25) is 0 Å². The number of hydrogen-bond donors (Lipinski definition) is 1. The van der Waals surface area contributed by atoms with E-state index in [0.717, 1.165) is 13.1 Å². The molecule has 0 spiro atoms. The van der Waals surface area contributed by atoms with Crippen LogP contribution >= 0.6 is 0 Å². The second-order valence-corrected chi connectivity index (χ2v) is 6.78. The molecule has 3 nitrogen and oxygen atoms in total. The van der Waals surface area contributed by atoms with Gasteiger partial charge >= 0.3 is 0 Å². The smallest absolute Gasteiger partial charge is 0.103 e. The van der Waals surface area contributed by atoms with E-state index in [1.165, 1.54) is 28.6 Å². The van der Waals surface area contributed by atoms with E-state index in [-0.39, 0.29) is 5.60 Å². The SMILES string of the molecule is CN1CCC2c3c([nH]c4ccccc34)C(C)(C)OC2C1. The van der Waals surface area contributed by atoms with Crippen LogP contribution in [0.3, 0.4) is 0 Å². The molecule has 2 aromatic rings. The molecule has 3 heterocycles. The van der Waals surface area contributed by atoms with Crippen molar-refractivity contribution in [2.75, 3.05) is 20.1 Å². The van der Waals surface area contributed by atoms with Gasteiger partial charge in [-0.1, -0.05) is 18.2 Å². The van der Waals surface area contributed by atoms with Gasteiger partial charge in [-0.2, -0.15) is 0 Å². The monoisotopic (exact) mass is 270 g/mol. The molecule has 4 rings (SSSR count). The van der Waals surface area contributed by atoms with Gasteiger partial charge in [0, 0.05) is 23.4 Å². The molecule has 0 radical (unpaired) electrons. The van der Waals surface area contributed by atoms with Crippen molar-refractivity contribution in [3.05, 3.63) is 35.5 Å². The first-order chi connectivity index (χ1) is 9.56. The highest BCUT2D eigenvalue weighted by atomic mass is 16.5. The number of likely N-dealkylation sites (N-methyl/N-ethyl adjacent to an activating group) is 1. The molecular formula is C17H22N2O. The summed E-state index contributed by atoms with van der Waals surface area (Å²) >= 11 is 0. The quantitative estimate of drug-likeness (QED) is 0.796. The van der Waals surface area contributed by atoms with Crippen LogP contribution in [0, 0.1) is 0 Å². The molecule has 0 saturated carbocycles. The fourth-order valence-electron chi connectivity index (χ4n) is 3.98. The predicted octanol–water partition coefficient (Wildman–Crippen LogP) is 3.22. The van der Waals surface area contributed by atoms with Gasteiger partial charge in [-0.25, -0.2) is 0 Å². The molecule has 1 fully saturated rings. The highest BCUT2D eigenvalue weighted by molar-refractivity contribution is 5.86. The largest absolute Gasteiger partial charge is 0.364 e. The summed E-state index contributed by atoms with van der Waals surface area (Å²) in [6.07, 6.45) is 1.50. The van der Waals surface area contributed by atoms with Crippen LogP contribution in [0.25, 0.3) is 10.9 Å². The summed E-state index contributed by atoms with van der Waals surface area (Å²) in [5, 5.41) is 1.39. The van der Waals surface area contributed by atoms with Crippen molar-refractivity contribution in [1.82, 2.24) is 9.88 Å². The van der Waals surface area contributed by atoms with Crippen molar-refractivity contribution in [1.29, 1.82) is 0 Å². The average molecular weight is 270 g/mol. The molecule has 1 aromatic heterocycles. The lowest BCUT2D eigenvalue weighted by Gasteiger charge is -2.45. The Bertz CT molecular complexity index is 658. The molecule has 2 aliphatic rings. The molecule has 106 valence electrons. The number of fused-ring (bicyclic) bond motifs is 5. The lowest BCUT2D eigenvalue weighted by atomic mass is 9.79. The summed E-state index contributed by atoms with van der Waals surface area (Å²) < 4.78 is 6.43. The van der Waals surface area contributed by atoms with Gasteiger partial charge in [-0.15, -0.1) is 0 Å². The van der Waals surface area contributed by atoms with Crippen LogP contribution in [0.4, 0.5) is 0 Å². The number of nitrogens with zero attached hydrogens (tertiary/aromatic N) is 1. The van der Waals surface area contributed by atoms with Crippen molar-refractivity contribution in [2.45, 2.75) is 37.9 Å². The zero-order valence-electron chi connectivity index (χ0n) is 12.4. The fraction of sp³-hybridized carbons (Fsp3) is 0.529. The average Bonchev–Trinajstić information content (AvgIpc) is 2.79. The first-order valence-electron chi connectivity index (χ1n) is 7.54. The van der Waals surface area contributed by atoms with Gasteiger partial charge in [-0.05, 0) is 45.5 Å². The Morgan fingerprint density at radius 1 is 1.30 bits per heavy atom. The van der Waals surface area contributed by atoms with E-state index in [0.29, 0.717) is 12.0 Å². The summed E-state index contributed by atoms with van der Waals surface area (Å²) in [5.41, 5.74) is 3.81. The van der Waals surface area contributed by atoms with E-state index in [9.17, 15) is 0 Å². The molecule has 3 heteroatoms. The van der Waals surface area contributed by atoms with Gasteiger partial charge in [0.25, 0.3) is 0 Å². The Labute approximate surface area is 119 Å². The normalized spacial score (nSPS) is 29.1. The van der Waals surface area contributed by atoms with Gasteiger partial charge in [-0.3, -0.25) is 0 Å². The topological polar surface area (TPSA) is 28.3 Å². The molecular weight excluding hydrogens is 248 g/mol. The molecule has 0 aliphatic carbocycles. The molecule has 20 heavy (non-hydrogen) atoms. The van der Waals surface area contributed by atoms with E-state index < -0.39 is 0 Å². The second kappa shape index (κ2) is 4.09. The first-order valence-corrected chi connectivity index (χ1v) is 7.54. The minimum atomic E-state index is -0.228. The van der Waals surface area contributed by atoms with E-state index in [1.54, 1.807) is 0 Å². The van der Waals surface area contributed by atoms with Crippen LogP contribution in [0.2, 0.25) is 0 Å². The zero-order valence-corrected chi connectivity index (χ0v) is 12.4. The molecule has 2 atom stereocenters. The molecule has 1 N–H and O–H groups in total. The fourth-order valence-corrected chi connectivity index (χ4v) is 3.98. The van der Waals surface area contributed by atoms with Gasteiger partial charge in [0.15, 0.2) is 0 Å². The van der Waals surface area contributed by atoms with Gasteiger partial charge in [0.1, 0.15) is 5.60 Å². The minimum Gasteiger partial charge on any atom is -0.364 e. The predicted molar refractivity (Wildman–Crippen MR) is 81.1 cm³/mol. The molecule has 2 aliphatic heterocycles. The summed E-state index contributed by atoms with van der Waals surface area (Å²) in [4.78, 5) is 6.00. The van der Waals surface area contributed by atoms with Crippen molar-refractivity contribution in [3.8, 4) is 0 Å². The lowest BCUT2D eigenvalue weighted by Crippen LogP contribution is -2.48. The summed E-state index contributed by atoms with van der Waals surface area (Å²) in [7, 11) is 2.19. The maximum atomic E-state index is 6.43. The van der Waals surface area contributed by atoms with Crippen molar-refractivity contribution >= 4 is 10.9 Å². The third kappa shape index (κ3) is 1.66. The summed E-state index contributed by atoms with van der Waals surface area (Å²) in [6, 6.07) is 8.67. The van der Waals surface area contributed by atoms with E-state index in [2.05, 4.69) is 55.0 Å². The van der Waals surface area contributed by atoms with E-state index in [4.69, 9.17) is 4.74 Å². The number of nitrogens with one attached hydrogen (secondary N) is 1. The number of hydrogen-bond acceptors (Lipinski definition) is 2. The summed E-state index contributed by atoms with van der Waals surface area (Å²) in [5.74, 6) is 0.533. The van der Waals surface area contributed by atoms with Crippen LogP contribution < -0.4 is 0 Å². The third-order valence-electron chi connectivity index (χ3n) is 4.93. The van der Waals surface area contributed by atoms with Crippen LogP contribution in [-0.4, -0.2) is 36.1 Å². The molecule has 0 amide bonds. The first kappa shape index (κ1) is 12.4.